The highest BCUT2D eigenvalue weighted by molar-refractivity contribution is 7.89. The second-order valence-corrected chi connectivity index (χ2v) is 7.13. The summed E-state index contributed by atoms with van der Waals surface area (Å²) < 4.78 is 38.7. The topological polar surface area (TPSA) is 101 Å². The summed E-state index contributed by atoms with van der Waals surface area (Å²) in [6.45, 7) is 3.79. The number of sulfonamides is 1. The van der Waals surface area contributed by atoms with Gasteiger partial charge in [-0.2, -0.15) is 0 Å². The Hall–Kier alpha value is -1.51. The van der Waals surface area contributed by atoms with Gasteiger partial charge >= 0.3 is 0 Å². The third-order valence-corrected chi connectivity index (χ3v) is 3.99. The maximum atomic E-state index is 12.7. The molecule has 21 heavy (non-hydrogen) atoms. The van der Waals surface area contributed by atoms with Crippen molar-refractivity contribution in [3.8, 4) is 0 Å². The van der Waals surface area contributed by atoms with Crippen molar-refractivity contribution in [2.75, 3.05) is 13.1 Å². The second-order valence-electron chi connectivity index (χ2n) is 5.37. The van der Waals surface area contributed by atoms with Crippen LogP contribution in [0, 0.1) is 5.82 Å². The van der Waals surface area contributed by atoms with E-state index in [4.69, 9.17) is 5.73 Å². The molecule has 8 heteroatoms. The molecule has 4 N–H and O–H groups in total. The number of nitrogens with one attached hydrogen (secondary N) is 2. The SMILES string of the molecule is CC(C)(N)CNC(=O)CCNS(=O)(=O)c1ccc(F)cc1. The fraction of sp³-hybridized carbons (Fsp3) is 0.462. The maximum Gasteiger partial charge on any atom is 0.240 e. The lowest BCUT2D eigenvalue weighted by molar-refractivity contribution is -0.121. The number of benzene rings is 1. The molecule has 0 saturated carbocycles. The molecular weight excluding hydrogens is 297 g/mol. The minimum atomic E-state index is -3.74. The van der Waals surface area contributed by atoms with Crippen LogP contribution in [-0.4, -0.2) is 33.0 Å². The lowest BCUT2D eigenvalue weighted by atomic mass is 10.1. The van der Waals surface area contributed by atoms with Gasteiger partial charge in [0, 0.05) is 25.0 Å². The molecule has 1 amide bonds. The third kappa shape index (κ3) is 6.65. The zero-order chi connectivity index (χ0) is 16.1. The summed E-state index contributed by atoms with van der Waals surface area (Å²) in [6, 6.07) is 4.44. The first-order chi connectivity index (χ1) is 9.60. The predicted octanol–water partition coefficient (Wildman–Crippen LogP) is 0.348. The van der Waals surface area contributed by atoms with Gasteiger partial charge in [-0.25, -0.2) is 17.5 Å². The van der Waals surface area contributed by atoms with Crippen molar-refractivity contribution in [2.45, 2.75) is 30.7 Å². The van der Waals surface area contributed by atoms with Crippen LogP contribution in [0.15, 0.2) is 29.2 Å². The Morgan fingerprint density at radius 3 is 2.38 bits per heavy atom. The molecule has 0 spiro atoms. The van der Waals surface area contributed by atoms with Gasteiger partial charge in [0.1, 0.15) is 5.82 Å². The Morgan fingerprint density at radius 1 is 1.29 bits per heavy atom. The van der Waals surface area contributed by atoms with Gasteiger partial charge in [-0.05, 0) is 38.1 Å². The highest BCUT2D eigenvalue weighted by Gasteiger charge is 2.15. The average Bonchev–Trinajstić information content (AvgIpc) is 2.36. The molecule has 0 radical (unpaired) electrons. The first kappa shape index (κ1) is 17.5. The summed E-state index contributed by atoms with van der Waals surface area (Å²) in [6.07, 6.45) is -0.00347. The number of hydrogen-bond acceptors (Lipinski definition) is 4. The quantitative estimate of drug-likeness (QED) is 0.675. The van der Waals surface area contributed by atoms with Crippen LogP contribution in [0.1, 0.15) is 20.3 Å². The molecule has 118 valence electrons. The molecule has 0 atom stereocenters. The predicted molar refractivity (Wildman–Crippen MR) is 77.5 cm³/mol. The Labute approximate surface area is 124 Å². The van der Waals surface area contributed by atoms with Gasteiger partial charge in [-0.1, -0.05) is 0 Å². The molecule has 0 aliphatic carbocycles. The van der Waals surface area contributed by atoms with Crippen LogP contribution in [0.4, 0.5) is 4.39 Å². The molecule has 0 saturated heterocycles. The molecule has 0 bridgehead atoms. The Bertz CT molecular complexity index is 580. The van der Waals surface area contributed by atoms with E-state index >= 15 is 0 Å². The molecule has 0 fully saturated rings. The van der Waals surface area contributed by atoms with Crippen LogP contribution in [0.3, 0.4) is 0 Å². The van der Waals surface area contributed by atoms with Crippen molar-refractivity contribution in [3.05, 3.63) is 30.1 Å². The zero-order valence-corrected chi connectivity index (χ0v) is 12.8. The molecule has 1 rings (SSSR count). The van der Waals surface area contributed by atoms with E-state index in [1.54, 1.807) is 13.8 Å². The van der Waals surface area contributed by atoms with Crippen LogP contribution >= 0.6 is 0 Å². The highest BCUT2D eigenvalue weighted by atomic mass is 32.2. The smallest absolute Gasteiger partial charge is 0.240 e. The van der Waals surface area contributed by atoms with E-state index < -0.39 is 21.4 Å². The number of carbonyl (C=O) groups is 1. The summed E-state index contributed by atoms with van der Waals surface area (Å²) >= 11 is 0. The molecule has 1 aromatic carbocycles. The van der Waals surface area contributed by atoms with Gasteiger partial charge in [0.25, 0.3) is 0 Å². The summed E-state index contributed by atoms with van der Waals surface area (Å²) in [5.74, 6) is -0.812. The first-order valence-corrected chi connectivity index (χ1v) is 7.89. The Balaban J connectivity index is 2.44. The number of nitrogens with two attached hydrogens (primary N) is 1. The van der Waals surface area contributed by atoms with Crippen LogP contribution in [-0.2, 0) is 14.8 Å². The molecular formula is C13H20FN3O3S. The lowest BCUT2D eigenvalue weighted by Gasteiger charge is -2.18. The first-order valence-electron chi connectivity index (χ1n) is 6.41. The Kier molecular flexibility index (Phi) is 5.82. The lowest BCUT2D eigenvalue weighted by Crippen LogP contribution is -2.45. The van der Waals surface area contributed by atoms with E-state index in [9.17, 15) is 17.6 Å². The number of rotatable bonds is 7. The molecule has 0 aromatic heterocycles. The summed E-state index contributed by atoms with van der Waals surface area (Å²) in [4.78, 5) is 11.5. The van der Waals surface area contributed by atoms with E-state index in [-0.39, 0.29) is 23.8 Å². The minimum absolute atomic E-state index is 0.00347. The van der Waals surface area contributed by atoms with Gasteiger partial charge in [0.2, 0.25) is 15.9 Å². The van der Waals surface area contributed by atoms with Gasteiger partial charge in [-0.3, -0.25) is 4.79 Å². The summed E-state index contributed by atoms with van der Waals surface area (Å²) in [5, 5.41) is 2.61. The minimum Gasteiger partial charge on any atom is -0.354 e. The third-order valence-electron chi connectivity index (χ3n) is 2.51. The molecule has 6 nitrogen and oxygen atoms in total. The maximum absolute atomic E-state index is 12.7. The van der Waals surface area contributed by atoms with Crippen molar-refractivity contribution >= 4 is 15.9 Å². The van der Waals surface area contributed by atoms with E-state index in [0.29, 0.717) is 6.54 Å². The fourth-order valence-corrected chi connectivity index (χ4v) is 2.44. The number of amides is 1. The second kappa shape index (κ2) is 6.97. The van der Waals surface area contributed by atoms with Crippen LogP contribution in [0.25, 0.3) is 0 Å². The molecule has 1 aromatic rings. The van der Waals surface area contributed by atoms with Crippen molar-refractivity contribution in [1.82, 2.24) is 10.0 Å². The van der Waals surface area contributed by atoms with E-state index in [1.807, 2.05) is 0 Å². The van der Waals surface area contributed by atoms with Gasteiger partial charge < -0.3 is 11.1 Å². The van der Waals surface area contributed by atoms with Crippen molar-refractivity contribution in [3.63, 3.8) is 0 Å². The van der Waals surface area contributed by atoms with Crippen LogP contribution < -0.4 is 15.8 Å². The number of carbonyl (C=O) groups excluding carboxylic acids is 1. The van der Waals surface area contributed by atoms with E-state index in [2.05, 4.69) is 10.0 Å². The summed E-state index contributed by atoms with van der Waals surface area (Å²) in [5.41, 5.74) is 5.19. The van der Waals surface area contributed by atoms with Gasteiger partial charge in [0.05, 0.1) is 4.90 Å². The highest BCUT2D eigenvalue weighted by Crippen LogP contribution is 2.09. The normalized spacial score (nSPS) is 12.2. The van der Waals surface area contributed by atoms with Crippen molar-refractivity contribution in [2.24, 2.45) is 5.73 Å². The van der Waals surface area contributed by atoms with Crippen molar-refractivity contribution < 1.29 is 17.6 Å². The number of hydrogen-bond donors (Lipinski definition) is 3. The molecule has 0 aliphatic rings. The molecule has 0 unspecified atom stereocenters. The van der Waals surface area contributed by atoms with Crippen LogP contribution in [0.5, 0.6) is 0 Å². The van der Waals surface area contributed by atoms with E-state index in [0.717, 1.165) is 24.3 Å². The average molecular weight is 317 g/mol. The molecule has 0 aliphatic heterocycles. The fourth-order valence-electron chi connectivity index (χ4n) is 1.41. The van der Waals surface area contributed by atoms with E-state index in [1.165, 1.54) is 0 Å². The number of halogens is 1. The van der Waals surface area contributed by atoms with Gasteiger partial charge in [-0.15, -0.1) is 0 Å². The van der Waals surface area contributed by atoms with Crippen molar-refractivity contribution in [1.29, 1.82) is 0 Å². The summed E-state index contributed by atoms with van der Waals surface area (Å²) in [7, 11) is -3.74. The molecule has 0 heterocycles. The zero-order valence-electron chi connectivity index (χ0n) is 12.0. The van der Waals surface area contributed by atoms with Crippen LogP contribution in [0.2, 0.25) is 0 Å². The standard InChI is InChI=1S/C13H20FN3O3S/c1-13(2,15)9-16-12(18)7-8-17-21(19,20)11-5-3-10(14)4-6-11/h3-6,17H,7-9,15H2,1-2H3,(H,16,18). The van der Waals surface area contributed by atoms with Gasteiger partial charge in [0.15, 0.2) is 0 Å². The Morgan fingerprint density at radius 2 is 1.86 bits per heavy atom. The largest absolute Gasteiger partial charge is 0.354 e. The monoisotopic (exact) mass is 317 g/mol.